The van der Waals surface area contributed by atoms with Crippen molar-refractivity contribution in [3.05, 3.63) is 22.2 Å². The standard InChI is InChI=1S/C10H10BrNO2/c1-12-9-4-6(14-2)3-8(11)7(9)5-10(12)13/h3-4H,5H2,1-2H3. The van der Waals surface area contributed by atoms with Crippen LogP contribution < -0.4 is 9.64 Å². The predicted molar refractivity (Wildman–Crippen MR) is 57.8 cm³/mol. The first-order valence-corrected chi connectivity index (χ1v) is 5.05. The van der Waals surface area contributed by atoms with Gasteiger partial charge in [-0.2, -0.15) is 0 Å². The lowest BCUT2D eigenvalue weighted by molar-refractivity contribution is -0.117. The van der Waals surface area contributed by atoms with Crippen molar-refractivity contribution in [2.75, 3.05) is 19.1 Å². The number of rotatable bonds is 1. The van der Waals surface area contributed by atoms with Gasteiger partial charge in [0.15, 0.2) is 0 Å². The Morgan fingerprint density at radius 2 is 2.21 bits per heavy atom. The number of nitrogens with zero attached hydrogens (tertiary/aromatic N) is 1. The van der Waals surface area contributed by atoms with Crippen molar-refractivity contribution in [3.8, 4) is 5.75 Å². The summed E-state index contributed by atoms with van der Waals surface area (Å²) in [4.78, 5) is 13.1. The highest BCUT2D eigenvalue weighted by Crippen LogP contribution is 2.37. The Kier molecular flexibility index (Phi) is 2.23. The molecule has 0 aliphatic carbocycles. The van der Waals surface area contributed by atoms with E-state index in [2.05, 4.69) is 15.9 Å². The maximum absolute atomic E-state index is 11.4. The van der Waals surface area contributed by atoms with Crippen molar-refractivity contribution >= 4 is 27.5 Å². The maximum Gasteiger partial charge on any atom is 0.231 e. The zero-order valence-electron chi connectivity index (χ0n) is 8.00. The minimum absolute atomic E-state index is 0.119. The molecule has 0 fully saturated rings. The molecule has 0 saturated carbocycles. The molecule has 1 amide bonds. The third-order valence-corrected chi connectivity index (χ3v) is 3.15. The number of carbonyl (C=O) groups is 1. The fraction of sp³-hybridized carbons (Fsp3) is 0.300. The second kappa shape index (κ2) is 3.28. The van der Waals surface area contributed by atoms with Crippen LogP contribution in [0.25, 0.3) is 0 Å². The molecule has 3 nitrogen and oxygen atoms in total. The molecular weight excluding hydrogens is 246 g/mol. The van der Waals surface area contributed by atoms with E-state index in [-0.39, 0.29) is 5.91 Å². The normalized spacial score (nSPS) is 14.5. The lowest BCUT2D eigenvalue weighted by atomic mass is 10.1. The van der Waals surface area contributed by atoms with E-state index < -0.39 is 0 Å². The molecule has 1 aliphatic heterocycles. The topological polar surface area (TPSA) is 29.5 Å². The van der Waals surface area contributed by atoms with E-state index in [1.165, 1.54) is 0 Å². The minimum Gasteiger partial charge on any atom is -0.497 e. The minimum atomic E-state index is 0.119. The number of hydrogen-bond acceptors (Lipinski definition) is 2. The summed E-state index contributed by atoms with van der Waals surface area (Å²) in [6.07, 6.45) is 0.469. The number of amides is 1. The van der Waals surface area contributed by atoms with Crippen molar-refractivity contribution in [1.82, 2.24) is 0 Å². The number of methoxy groups -OCH3 is 1. The van der Waals surface area contributed by atoms with Gasteiger partial charge in [0, 0.05) is 17.6 Å². The zero-order valence-corrected chi connectivity index (χ0v) is 9.59. The number of hydrogen-bond donors (Lipinski definition) is 0. The number of benzene rings is 1. The first kappa shape index (κ1) is 9.52. The third-order valence-electron chi connectivity index (χ3n) is 2.44. The average molecular weight is 256 g/mol. The molecule has 1 aromatic rings. The van der Waals surface area contributed by atoms with Gasteiger partial charge in [0.2, 0.25) is 5.91 Å². The number of ether oxygens (including phenoxy) is 1. The molecule has 0 radical (unpaired) electrons. The molecule has 1 heterocycles. The van der Waals surface area contributed by atoms with Gasteiger partial charge in [0.05, 0.1) is 19.2 Å². The van der Waals surface area contributed by atoms with Crippen LogP contribution in [0.1, 0.15) is 5.56 Å². The molecule has 2 rings (SSSR count). The van der Waals surface area contributed by atoms with Crippen molar-refractivity contribution in [3.63, 3.8) is 0 Å². The molecule has 0 aromatic heterocycles. The van der Waals surface area contributed by atoms with Crippen LogP contribution in [0.3, 0.4) is 0 Å². The molecular formula is C10H10BrNO2. The summed E-state index contributed by atoms with van der Waals surface area (Å²) in [6, 6.07) is 3.76. The Morgan fingerprint density at radius 1 is 1.50 bits per heavy atom. The van der Waals surface area contributed by atoms with Crippen molar-refractivity contribution < 1.29 is 9.53 Å². The molecule has 0 N–H and O–H groups in total. The Balaban J connectivity index is 2.57. The molecule has 0 bridgehead atoms. The van der Waals surface area contributed by atoms with Gasteiger partial charge >= 0.3 is 0 Å². The summed E-state index contributed by atoms with van der Waals surface area (Å²) in [5, 5.41) is 0. The quantitative estimate of drug-likeness (QED) is 0.768. The zero-order chi connectivity index (χ0) is 10.3. The molecule has 1 aromatic carbocycles. The highest BCUT2D eigenvalue weighted by Gasteiger charge is 2.26. The Morgan fingerprint density at radius 3 is 2.86 bits per heavy atom. The maximum atomic E-state index is 11.4. The number of anilines is 1. The summed E-state index contributed by atoms with van der Waals surface area (Å²) in [7, 11) is 3.39. The second-order valence-electron chi connectivity index (χ2n) is 3.24. The van der Waals surface area contributed by atoms with Gasteiger partial charge in [-0.3, -0.25) is 4.79 Å². The monoisotopic (exact) mass is 255 g/mol. The largest absolute Gasteiger partial charge is 0.497 e. The van der Waals surface area contributed by atoms with Crippen LogP contribution in [-0.2, 0) is 11.2 Å². The summed E-state index contributed by atoms with van der Waals surface area (Å²) in [6.45, 7) is 0. The number of likely N-dealkylation sites (N-methyl/N-ethyl adjacent to an activating group) is 1. The van der Waals surface area contributed by atoms with Gasteiger partial charge in [-0.25, -0.2) is 0 Å². The Bertz CT molecular complexity index is 403. The van der Waals surface area contributed by atoms with E-state index in [1.807, 2.05) is 12.1 Å². The SMILES string of the molecule is COc1cc(Br)c2c(c1)N(C)C(=O)C2. The number of fused-ring (bicyclic) bond motifs is 1. The van der Waals surface area contributed by atoms with E-state index in [1.54, 1.807) is 19.1 Å². The smallest absolute Gasteiger partial charge is 0.231 e. The highest BCUT2D eigenvalue weighted by atomic mass is 79.9. The van der Waals surface area contributed by atoms with E-state index in [0.717, 1.165) is 21.5 Å². The van der Waals surface area contributed by atoms with Gasteiger partial charge in [-0.15, -0.1) is 0 Å². The van der Waals surface area contributed by atoms with Gasteiger partial charge in [0.1, 0.15) is 5.75 Å². The average Bonchev–Trinajstić information content (AvgIpc) is 2.45. The van der Waals surface area contributed by atoms with Crippen molar-refractivity contribution in [2.45, 2.75) is 6.42 Å². The molecule has 14 heavy (non-hydrogen) atoms. The summed E-state index contributed by atoms with van der Waals surface area (Å²) in [5.41, 5.74) is 1.97. The molecule has 0 spiro atoms. The first-order chi connectivity index (χ1) is 6.63. The van der Waals surface area contributed by atoms with Crippen molar-refractivity contribution in [2.24, 2.45) is 0 Å². The van der Waals surface area contributed by atoms with Crippen LogP contribution in [0.4, 0.5) is 5.69 Å². The summed E-state index contributed by atoms with van der Waals surface area (Å²) < 4.78 is 6.07. The van der Waals surface area contributed by atoms with Gasteiger partial charge in [-0.1, -0.05) is 15.9 Å². The van der Waals surface area contributed by atoms with Crippen LogP contribution in [-0.4, -0.2) is 20.1 Å². The van der Waals surface area contributed by atoms with Crippen LogP contribution in [0.15, 0.2) is 16.6 Å². The molecule has 0 atom stereocenters. The summed E-state index contributed by atoms with van der Waals surface area (Å²) in [5.74, 6) is 0.881. The van der Waals surface area contributed by atoms with Crippen molar-refractivity contribution in [1.29, 1.82) is 0 Å². The number of halogens is 1. The van der Waals surface area contributed by atoms with Gasteiger partial charge < -0.3 is 9.64 Å². The van der Waals surface area contributed by atoms with Crippen LogP contribution in [0.5, 0.6) is 5.75 Å². The van der Waals surface area contributed by atoms with E-state index >= 15 is 0 Å². The fourth-order valence-electron chi connectivity index (χ4n) is 1.59. The Labute approximate surface area is 90.8 Å². The highest BCUT2D eigenvalue weighted by molar-refractivity contribution is 9.10. The first-order valence-electron chi connectivity index (χ1n) is 4.26. The van der Waals surface area contributed by atoms with Crippen LogP contribution in [0, 0.1) is 0 Å². The molecule has 4 heteroatoms. The Hall–Kier alpha value is -1.03. The van der Waals surface area contributed by atoms with Gasteiger partial charge in [0.25, 0.3) is 0 Å². The lowest BCUT2D eigenvalue weighted by Crippen LogP contribution is -2.20. The van der Waals surface area contributed by atoms with Crippen LogP contribution in [0.2, 0.25) is 0 Å². The van der Waals surface area contributed by atoms with E-state index in [9.17, 15) is 4.79 Å². The summed E-state index contributed by atoms with van der Waals surface area (Å²) >= 11 is 3.44. The molecule has 0 unspecified atom stereocenters. The molecule has 1 aliphatic rings. The fourth-order valence-corrected chi connectivity index (χ4v) is 2.16. The van der Waals surface area contributed by atoms with E-state index in [4.69, 9.17) is 4.74 Å². The second-order valence-corrected chi connectivity index (χ2v) is 4.09. The van der Waals surface area contributed by atoms with Gasteiger partial charge in [-0.05, 0) is 11.6 Å². The molecule has 0 saturated heterocycles. The van der Waals surface area contributed by atoms with E-state index in [0.29, 0.717) is 6.42 Å². The van der Waals surface area contributed by atoms with Crippen LogP contribution >= 0.6 is 15.9 Å². The molecule has 74 valence electrons. The lowest BCUT2D eigenvalue weighted by Gasteiger charge is -2.11. The predicted octanol–water partition coefficient (Wildman–Crippen LogP) is 1.98. The third kappa shape index (κ3) is 1.30. The number of carbonyl (C=O) groups excluding carboxylic acids is 1.